The summed E-state index contributed by atoms with van der Waals surface area (Å²) in [6.07, 6.45) is 4.54. The van der Waals surface area contributed by atoms with Crippen molar-refractivity contribution in [3.63, 3.8) is 0 Å². The van der Waals surface area contributed by atoms with Crippen LogP contribution in [0.15, 0.2) is 18.2 Å². The van der Waals surface area contributed by atoms with E-state index in [4.69, 9.17) is 11.6 Å². The Balaban J connectivity index is 2.24. The fourth-order valence-electron chi connectivity index (χ4n) is 2.42. The average Bonchev–Trinajstić information content (AvgIpc) is 2.62. The zero-order valence-corrected chi connectivity index (χ0v) is 11.0. The number of rotatable bonds is 2. The highest BCUT2D eigenvalue weighted by molar-refractivity contribution is 6.30. The quantitative estimate of drug-likeness (QED) is 0.811. The average molecular weight is 267 g/mol. The van der Waals surface area contributed by atoms with Gasteiger partial charge in [-0.05, 0) is 38.1 Å². The van der Waals surface area contributed by atoms with E-state index in [2.05, 4.69) is 11.0 Å². The second-order valence-electron chi connectivity index (χ2n) is 4.65. The van der Waals surface area contributed by atoms with E-state index in [0.717, 1.165) is 25.9 Å². The molecule has 1 unspecified atom stereocenters. The van der Waals surface area contributed by atoms with E-state index in [-0.39, 0.29) is 0 Å². The van der Waals surface area contributed by atoms with Crippen LogP contribution >= 0.6 is 11.6 Å². The summed E-state index contributed by atoms with van der Waals surface area (Å²) >= 11 is 5.74. The molecule has 4 heteroatoms. The van der Waals surface area contributed by atoms with Crippen molar-refractivity contribution in [1.29, 1.82) is 5.26 Å². The number of nitriles is 1. The monoisotopic (exact) mass is 266 g/mol. The highest BCUT2D eigenvalue weighted by atomic mass is 35.5. The van der Waals surface area contributed by atoms with Gasteiger partial charge in [-0.25, -0.2) is 4.39 Å². The normalized spacial score (nSPS) is 18.9. The number of hydrogen-bond acceptors (Lipinski definition) is 2. The maximum atomic E-state index is 13.9. The Morgan fingerprint density at radius 3 is 2.44 bits per heavy atom. The van der Waals surface area contributed by atoms with Gasteiger partial charge in [0.15, 0.2) is 0 Å². The zero-order valence-electron chi connectivity index (χ0n) is 10.2. The Morgan fingerprint density at radius 2 is 1.89 bits per heavy atom. The second-order valence-corrected chi connectivity index (χ2v) is 5.08. The molecular weight excluding hydrogens is 251 g/mol. The minimum absolute atomic E-state index is 0.365. The third kappa shape index (κ3) is 3.01. The molecule has 0 N–H and O–H groups in total. The molecule has 1 saturated heterocycles. The lowest BCUT2D eigenvalue weighted by Crippen LogP contribution is -2.29. The molecule has 1 aliphatic heterocycles. The highest BCUT2D eigenvalue weighted by Crippen LogP contribution is 2.27. The van der Waals surface area contributed by atoms with Gasteiger partial charge in [-0.15, -0.1) is 0 Å². The summed E-state index contributed by atoms with van der Waals surface area (Å²) in [5, 5.41) is 9.69. The molecule has 1 heterocycles. The molecule has 1 fully saturated rings. The Morgan fingerprint density at radius 1 is 1.22 bits per heavy atom. The van der Waals surface area contributed by atoms with Gasteiger partial charge in [0.1, 0.15) is 11.9 Å². The lowest BCUT2D eigenvalue weighted by molar-refractivity contribution is 0.241. The van der Waals surface area contributed by atoms with Crippen LogP contribution in [-0.4, -0.2) is 18.0 Å². The molecule has 1 aliphatic rings. The topological polar surface area (TPSA) is 27.0 Å². The smallest absolute Gasteiger partial charge is 0.130 e. The molecule has 96 valence electrons. The SMILES string of the molecule is N#CC(c1ccc(Cl)cc1F)N1CCCCCC1. The van der Waals surface area contributed by atoms with Crippen molar-refractivity contribution in [1.82, 2.24) is 4.90 Å². The molecule has 1 atom stereocenters. The van der Waals surface area contributed by atoms with E-state index in [1.54, 1.807) is 12.1 Å². The van der Waals surface area contributed by atoms with E-state index in [0.29, 0.717) is 10.6 Å². The molecule has 0 amide bonds. The van der Waals surface area contributed by atoms with Gasteiger partial charge in [0.2, 0.25) is 0 Å². The van der Waals surface area contributed by atoms with Gasteiger partial charge >= 0.3 is 0 Å². The molecule has 0 aromatic heterocycles. The first kappa shape index (κ1) is 13.3. The largest absolute Gasteiger partial charge is 0.284 e. The Bertz CT molecular complexity index is 448. The summed E-state index contributed by atoms with van der Waals surface area (Å²) in [6, 6.07) is 6.26. The van der Waals surface area contributed by atoms with Crippen molar-refractivity contribution in [3.05, 3.63) is 34.6 Å². The van der Waals surface area contributed by atoms with E-state index >= 15 is 0 Å². The number of nitrogens with zero attached hydrogens (tertiary/aromatic N) is 2. The zero-order chi connectivity index (χ0) is 13.0. The Kier molecular flexibility index (Phi) is 4.57. The van der Waals surface area contributed by atoms with E-state index < -0.39 is 11.9 Å². The van der Waals surface area contributed by atoms with Crippen LogP contribution in [0.25, 0.3) is 0 Å². The summed E-state index contributed by atoms with van der Waals surface area (Å²) in [5.41, 5.74) is 0.434. The van der Waals surface area contributed by atoms with Crippen LogP contribution in [0.3, 0.4) is 0 Å². The molecule has 0 bridgehead atoms. The number of hydrogen-bond donors (Lipinski definition) is 0. The van der Waals surface area contributed by atoms with Crippen LogP contribution in [0.5, 0.6) is 0 Å². The summed E-state index contributed by atoms with van der Waals surface area (Å²) in [5.74, 6) is -0.390. The van der Waals surface area contributed by atoms with Crippen molar-refractivity contribution < 1.29 is 4.39 Å². The lowest BCUT2D eigenvalue weighted by Gasteiger charge is -2.25. The predicted octanol–water partition coefficient (Wildman–Crippen LogP) is 3.92. The molecule has 0 aliphatic carbocycles. The van der Waals surface area contributed by atoms with Gasteiger partial charge in [-0.2, -0.15) is 5.26 Å². The minimum atomic E-state index is -0.500. The number of halogens is 2. The summed E-state index contributed by atoms with van der Waals surface area (Å²) < 4.78 is 13.9. The molecule has 1 aromatic rings. The van der Waals surface area contributed by atoms with Crippen LogP contribution in [0, 0.1) is 17.1 Å². The fraction of sp³-hybridized carbons (Fsp3) is 0.500. The third-order valence-corrected chi connectivity index (χ3v) is 3.62. The Labute approximate surface area is 112 Å². The maximum Gasteiger partial charge on any atom is 0.130 e. The van der Waals surface area contributed by atoms with E-state index in [9.17, 15) is 9.65 Å². The number of likely N-dealkylation sites (tertiary alicyclic amines) is 1. The van der Waals surface area contributed by atoms with Crippen LogP contribution < -0.4 is 0 Å². The Hall–Kier alpha value is -1.11. The van der Waals surface area contributed by atoms with Crippen molar-refractivity contribution in [2.75, 3.05) is 13.1 Å². The fourth-order valence-corrected chi connectivity index (χ4v) is 2.58. The standard InChI is InChI=1S/C14H16ClFN2/c15-11-5-6-12(13(16)9-11)14(10-17)18-7-3-1-2-4-8-18/h5-6,9,14H,1-4,7-8H2. The summed E-state index contributed by atoms with van der Waals surface area (Å²) in [7, 11) is 0. The molecular formula is C14H16ClFN2. The molecule has 0 radical (unpaired) electrons. The van der Waals surface area contributed by atoms with Crippen LogP contribution in [0.2, 0.25) is 5.02 Å². The van der Waals surface area contributed by atoms with Gasteiger partial charge < -0.3 is 0 Å². The molecule has 0 saturated carbocycles. The molecule has 18 heavy (non-hydrogen) atoms. The van der Waals surface area contributed by atoms with E-state index in [1.165, 1.54) is 18.9 Å². The van der Waals surface area contributed by atoms with Gasteiger partial charge in [0.25, 0.3) is 0 Å². The van der Waals surface area contributed by atoms with Crippen molar-refractivity contribution in [2.24, 2.45) is 0 Å². The lowest BCUT2D eigenvalue weighted by atomic mass is 10.1. The van der Waals surface area contributed by atoms with Gasteiger partial charge in [0.05, 0.1) is 6.07 Å². The van der Waals surface area contributed by atoms with Crippen molar-refractivity contribution >= 4 is 11.6 Å². The highest BCUT2D eigenvalue weighted by Gasteiger charge is 2.23. The van der Waals surface area contributed by atoms with Crippen LogP contribution in [0.4, 0.5) is 4.39 Å². The third-order valence-electron chi connectivity index (χ3n) is 3.39. The first-order valence-corrected chi connectivity index (χ1v) is 6.69. The molecule has 1 aromatic carbocycles. The maximum absolute atomic E-state index is 13.9. The summed E-state index contributed by atoms with van der Waals surface area (Å²) in [4.78, 5) is 2.07. The predicted molar refractivity (Wildman–Crippen MR) is 69.8 cm³/mol. The van der Waals surface area contributed by atoms with Gasteiger partial charge in [-0.3, -0.25) is 4.90 Å². The molecule has 0 spiro atoms. The first-order valence-electron chi connectivity index (χ1n) is 6.31. The minimum Gasteiger partial charge on any atom is -0.284 e. The molecule has 2 nitrogen and oxygen atoms in total. The summed E-state index contributed by atoms with van der Waals surface area (Å²) in [6.45, 7) is 1.72. The van der Waals surface area contributed by atoms with Crippen molar-refractivity contribution in [2.45, 2.75) is 31.7 Å². The number of benzene rings is 1. The molecule has 2 rings (SSSR count). The van der Waals surface area contributed by atoms with E-state index in [1.807, 2.05) is 0 Å². The van der Waals surface area contributed by atoms with Gasteiger partial charge in [0, 0.05) is 10.6 Å². The first-order chi connectivity index (χ1) is 8.72. The van der Waals surface area contributed by atoms with Crippen molar-refractivity contribution in [3.8, 4) is 6.07 Å². The van der Waals surface area contributed by atoms with Crippen LogP contribution in [-0.2, 0) is 0 Å². The second kappa shape index (κ2) is 6.17. The van der Waals surface area contributed by atoms with Gasteiger partial charge in [-0.1, -0.05) is 30.5 Å². The van der Waals surface area contributed by atoms with Crippen LogP contribution in [0.1, 0.15) is 37.3 Å².